The predicted molar refractivity (Wildman–Crippen MR) is 73.2 cm³/mol. The largest absolute Gasteiger partial charge is 0.369 e. The molecule has 0 saturated heterocycles. The number of hydrogen-bond acceptors (Lipinski definition) is 3. The molecule has 17 heavy (non-hydrogen) atoms. The van der Waals surface area contributed by atoms with Gasteiger partial charge in [-0.05, 0) is 53.5 Å². The minimum atomic E-state index is 0.0868. The first-order valence-corrected chi connectivity index (χ1v) is 7.51. The van der Waals surface area contributed by atoms with Gasteiger partial charge in [-0.3, -0.25) is 0 Å². The molecule has 96 valence electrons. The highest BCUT2D eigenvalue weighted by atomic mass is 32.1. The summed E-state index contributed by atoms with van der Waals surface area (Å²) in [6.45, 7) is 5.23. The molecule has 0 aromatic carbocycles. The van der Waals surface area contributed by atoms with Gasteiger partial charge < -0.3 is 10.5 Å². The summed E-state index contributed by atoms with van der Waals surface area (Å²) in [5.41, 5.74) is 7.07. The number of ether oxygens (including phenoxy) is 1. The molecular weight excluding hydrogens is 230 g/mol. The normalized spacial score (nSPS) is 31.4. The Hall–Kier alpha value is -0.380. The molecule has 0 spiro atoms. The van der Waals surface area contributed by atoms with E-state index in [2.05, 4.69) is 30.7 Å². The van der Waals surface area contributed by atoms with E-state index >= 15 is 0 Å². The molecule has 2 N–H and O–H groups in total. The summed E-state index contributed by atoms with van der Waals surface area (Å²) in [5, 5.41) is 4.24. The molecule has 1 aliphatic carbocycles. The molecule has 1 aromatic heterocycles. The van der Waals surface area contributed by atoms with E-state index in [-0.39, 0.29) is 6.10 Å². The topological polar surface area (TPSA) is 35.2 Å². The lowest BCUT2D eigenvalue weighted by molar-refractivity contribution is -0.0464. The fourth-order valence-corrected chi connectivity index (χ4v) is 3.65. The quantitative estimate of drug-likeness (QED) is 0.890. The molecule has 1 saturated carbocycles. The van der Waals surface area contributed by atoms with E-state index in [0.717, 1.165) is 11.8 Å². The third-order valence-electron chi connectivity index (χ3n) is 3.62. The highest BCUT2D eigenvalue weighted by Gasteiger charge is 2.26. The second kappa shape index (κ2) is 5.98. The van der Waals surface area contributed by atoms with Crippen LogP contribution in [0.1, 0.15) is 44.8 Å². The van der Waals surface area contributed by atoms with Crippen LogP contribution in [0.15, 0.2) is 16.8 Å². The lowest BCUT2D eigenvalue weighted by Gasteiger charge is -2.33. The van der Waals surface area contributed by atoms with Gasteiger partial charge in [-0.15, -0.1) is 0 Å². The van der Waals surface area contributed by atoms with Crippen LogP contribution in [0.4, 0.5) is 0 Å². The summed E-state index contributed by atoms with van der Waals surface area (Å²) in [7, 11) is 0. The van der Waals surface area contributed by atoms with Gasteiger partial charge in [0.2, 0.25) is 0 Å². The van der Waals surface area contributed by atoms with Crippen molar-refractivity contribution in [1.82, 2.24) is 0 Å². The first kappa shape index (κ1) is 13.1. The first-order chi connectivity index (χ1) is 8.19. The molecule has 1 aliphatic rings. The monoisotopic (exact) mass is 253 g/mol. The van der Waals surface area contributed by atoms with Crippen LogP contribution in [-0.4, -0.2) is 12.6 Å². The molecule has 3 heteroatoms. The highest BCUT2D eigenvalue weighted by Crippen LogP contribution is 2.33. The fourth-order valence-electron chi connectivity index (χ4n) is 2.94. The molecule has 2 nitrogen and oxygen atoms in total. The van der Waals surface area contributed by atoms with Gasteiger partial charge >= 0.3 is 0 Å². The zero-order valence-electron chi connectivity index (χ0n) is 10.8. The maximum atomic E-state index is 6.21. The van der Waals surface area contributed by atoms with E-state index < -0.39 is 0 Å². The molecule has 0 amide bonds. The summed E-state index contributed by atoms with van der Waals surface area (Å²) in [4.78, 5) is 0. The van der Waals surface area contributed by atoms with Crippen LogP contribution in [0.2, 0.25) is 0 Å². The molecule has 1 aromatic rings. The van der Waals surface area contributed by atoms with Gasteiger partial charge in [0.1, 0.15) is 0 Å². The summed E-state index contributed by atoms with van der Waals surface area (Å²) in [5.74, 6) is 1.56. The van der Waals surface area contributed by atoms with E-state index in [1.165, 1.54) is 24.8 Å². The molecule has 0 aliphatic heterocycles. The van der Waals surface area contributed by atoms with Gasteiger partial charge in [-0.25, -0.2) is 0 Å². The maximum absolute atomic E-state index is 6.21. The minimum Gasteiger partial charge on any atom is -0.369 e. The van der Waals surface area contributed by atoms with Crippen LogP contribution in [0.3, 0.4) is 0 Å². The van der Waals surface area contributed by atoms with Crippen molar-refractivity contribution in [2.45, 2.75) is 45.3 Å². The Kier molecular flexibility index (Phi) is 4.60. The van der Waals surface area contributed by atoms with E-state index in [1.807, 2.05) is 0 Å². The molecule has 0 bridgehead atoms. The fraction of sp³-hybridized carbons (Fsp3) is 0.714. The number of thiophene rings is 1. The van der Waals surface area contributed by atoms with Crippen LogP contribution >= 0.6 is 11.3 Å². The predicted octanol–water partition coefficient (Wildman–Crippen LogP) is 3.59. The van der Waals surface area contributed by atoms with Crippen molar-refractivity contribution in [3.05, 3.63) is 22.4 Å². The molecular formula is C14H23NOS. The van der Waals surface area contributed by atoms with Crippen molar-refractivity contribution >= 4 is 11.3 Å². The summed E-state index contributed by atoms with van der Waals surface area (Å²) >= 11 is 1.71. The van der Waals surface area contributed by atoms with Crippen LogP contribution < -0.4 is 5.73 Å². The molecule has 1 heterocycles. The average molecular weight is 253 g/mol. The smallest absolute Gasteiger partial charge is 0.0958 e. The van der Waals surface area contributed by atoms with Crippen LogP contribution in [0.25, 0.3) is 0 Å². The third kappa shape index (κ3) is 3.54. The second-order valence-electron chi connectivity index (χ2n) is 5.46. The van der Waals surface area contributed by atoms with Gasteiger partial charge in [0.05, 0.1) is 12.2 Å². The Bertz CT molecular complexity index is 315. The van der Waals surface area contributed by atoms with Gasteiger partial charge in [0.25, 0.3) is 0 Å². The van der Waals surface area contributed by atoms with Crippen molar-refractivity contribution in [1.29, 1.82) is 0 Å². The van der Waals surface area contributed by atoms with Crippen molar-refractivity contribution in [3.63, 3.8) is 0 Å². The number of hydrogen-bond donors (Lipinski definition) is 1. The minimum absolute atomic E-state index is 0.0868. The van der Waals surface area contributed by atoms with Gasteiger partial charge in [-0.1, -0.05) is 13.8 Å². The number of nitrogens with two attached hydrogens (primary N) is 1. The Morgan fingerprint density at radius 2 is 2.06 bits per heavy atom. The van der Waals surface area contributed by atoms with E-state index in [4.69, 9.17) is 10.5 Å². The van der Waals surface area contributed by atoms with Crippen LogP contribution in [-0.2, 0) is 4.74 Å². The second-order valence-corrected chi connectivity index (χ2v) is 6.24. The Morgan fingerprint density at radius 1 is 1.35 bits per heavy atom. The van der Waals surface area contributed by atoms with Crippen LogP contribution in [0.5, 0.6) is 0 Å². The summed E-state index contributed by atoms with van der Waals surface area (Å²) in [6, 6.07) is 2.12. The third-order valence-corrected chi connectivity index (χ3v) is 4.32. The first-order valence-electron chi connectivity index (χ1n) is 6.56. The Balaban J connectivity index is 1.94. The molecule has 2 rings (SSSR count). The summed E-state index contributed by atoms with van der Waals surface area (Å²) < 4.78 is 6.21. The van der Waals surface area contributed by atoms with Crippen molar-refractivity contribution in [3.8, 4) is 0 Å². The zero-order chi connectivity index (χ0) is 12.3. The van der Waals surface area contributed by atoms with E-state index in [9.17, 15) is 0 Å². The van der Waals surface area contributed by atoms with E-state index in [1.54, 1.807) is 11.3 Å². The average Bonchev–Trinajstić information content (AvgIpc) is 2.77. The lowest BCUT2D eigenvalue weighted by atomic mass is 9.81. The van der Waals surface area contributed by atoms with Crippen molar-refractivity contribution in [2.24, 2.45) is 17.6 Å². The van der Waals surface area contributed by atoms with Crippen molar-refractivity contribution < 1.29 is 4.74 Å². The zero-order valence-corrected chi connectivity index (χ0v) is 11.6. The highest BCUT2D eigenvalue weighted by molar-refractivity contribution is 7.07. The standard InChI is InChI=1S/C14H23NOS/c1-10-5-11(2)7-13(6-10)16-14(8-15)12-3-4-17-9-12/h3-4,9-11,13-14H,5-8,15H2,1-2H3. The van der Waals surface area contributed by atoms with Crippen molar-refractivity contribution in [2.75, 3.05) is 6.54 Å². The SMILES string of the molecule is CC1CC(C)CC(OC(CN)c2ccsc2)C1. The molecule has 0 radical (unpaired) electrons. The lowest BCUT2D eigenvalue weighted by Crippen LogP contribution is -2.29. The Morgan fingerprint density at radius 3 is 2.59 bits per heavy atom. The van der Waals surface area contributed by atoms with Gasteiger partial charge in [-0.2, -0.15) is 11.3 Å². The van der Waals surface area contributed by atoms with Gasteiger partial charge in [0, 0.05) is 6.54 Å². The van der Waals surface area contributed by atoms with E-state index in [0.29, 0.717) is 12.6 Å². The van der Waals surface area contributed by atoms with Crippen LogP contribution in [0, 0.1) is 11.8 Å². The maximum Gasteiger partial charge on any atom is 0.0958 e. The molecule has 3 atom stereocenters. The Labute approximate surface area is 108 Å². The number of rotatable bonds is 4. The summed E-state index contributed by atoms with van der Waals surface area (Å²) in [6.07, 6.45) is 4.19. The molecule has 3 unspecified atom stereocenters. The molecule has 1 fully saturated rings. The van der Waals surface area contributed by atoms with Gasteiger partial charge in [0.15, 0.2) is 0 Å².